The molecule has 1 aliphatic carbocycles. The summed E-state index contributed by atoms with van der Waals surface area (Å²) in [6.07, 6.45) is 0. The van der Waals surface area contributed by atoms with Crippen molar-refractivity contribution in [2.75, 3.05) is 5.75 Å². The van der Waals surface area contributed by atoms with Gasteiger partial charge in [-0.05, 0) is 22.3 Å². The van der Waals surface area contributed by atoms with Crippen molar-refractivity contribution in [3.63, 3.8) is 0 Å². The molecule has 0 aromatic carbocycles. The molecule has 2 atom stereocenters. The van der Waals surface area contributed by atoms with Crippen LogP contribution in [0, 0.1) is 17.3 Å². The van der Waals surface area contributed by atoms with Crippen LogP contribution in [0.25, 0.3) is 0 Å². The largest absolute Gasteiger partial charge is 0.481 e. The number of rotatable bonds is 4. The van der Waals surface area contributed by atoms with Gasteiger partial charge in [-0.3, -0.25) is 4.79 Å². The summed E-state index contributed by atoms with van der Waals surface area (Å²) in [7, 11) is 0. The predicted molar refractivity (Wildman–Crippen MR) is 56.0 cm³/mol. The van der Waals surface area contributed by atoms with E-state index in [1.807, 2.05) is 11.8 Å². The van der Waals surface area contributed by atoms with E-state index in [2.05, 4.69) is 27.7 Å². The molecule has 0 aliphatic heterocycles. The highest BCUT2D eigenvalue weighted by Crippen LogP contribution is 2.59. The Hall–Kier alpha value is -0.180. The van der Waals surface area contributed by atoms with Crippen LogP contribution in [0.4, 0.5) is 0 Å². The second kappa shape index (κ2) is 3.52. The third-order valence-electron chi connectivity index (χ3n) is 2.93. The highest BCUT2D eigenvalue weighted by molar-refractivity contribution is 7.99. The van der Waals surface area contributed by atoms with Gasteiger partial charge in [-0.1, -0.05) is 27.7 Å². The molecule has 1 rings (SSSR count). The molecule has 0 aromatic heterocycles. The van der Waals surface area contributed by atoms with E-state index in [-0.39, 0.29) is 11.3 Å². The number of hydrogen-bond acceptors (Lipinski definition) is 2. The smallest absolute Gasteiger partial charge is 0.307 e. The second-order valence-corrected chi connectivity index (χ2v) is 6.24. The molecule has 3 heteroatoms. The summed E-state index contributed by atoms with van der Waals surface area (Å²) in [6, 6.07) is 0. The molecule has 0 spiro atoms. The van der Waals surface area contributed by atoms with Crippen LogP contribution in [0.3, 0.4) is 0 Å². The second-order valence-electron chi connectivity index (χ2n) is 4.63. The maximum absolute atomic E-state index is 10.8. The highest BCUT2D eigenvalue weighted by Gasteiger charge is 2.61. The van der Waals surface area contributed by atoms with Crippen LogP contribution in [0.2, 0.25) is 0 Å². The zero-order valence-corrected chi connectivity index (χ0v) is 9.52. The summed E-state index contributed by atoms with van der Waals surface area (Å²) in [5, 5.41) is 9.52. The first-order chi connectivity index (χ1) is 5.87. The van der Waals surface area contributed by atoms with E-state index >= 15 is 0 Å². The maximum atomic E-state index is 10.8. The fourth-order valence-corrected chi connectivity index (χ4v) is 3.06. The molecule has 0 saturated heterocycles. The van der Waals surface area contributed by atoms with Crippen molar-refractivity contribution < 1.29 is 9.90 Å². The molecule has 2 nitrogen and oxygen atoms in total. The fraction of sp³-hybridized carbons (Fsp3) is 0.900. The number of carboxylic acid groups (broad SMARTS) is 1. The van der Waals surface area contributed by atoms with Crippen molar-refractivity contribution in [2.24, 2.45) is 17.3 Å². The molecule has 1 aliphatic rings. The first-order valence-electron chi connectivity index (χ1n) is 4.71. The van der Waals surface area contributed by atoms with Gasteiger partial charge >= 0.3 is 5.97 Å². The Labute approximate surface area is 84.1 Å². The van der Waals surface area contributed by atoms with Crippen molar-refractivity contribution in [3.05, 3.63) is 0 Å². The van der Waals surface area contributed by atoms with Crippen LogP contribution in [0.15, 0.2) is 0 Å². The summed E-state index contributed by atoms with van der Waals surface area (Å²) in [4.78, 5) is 10.8. The van der Waals surface area contributed by atoms with E-state index in [0.717, 1.165) is 5.75 Å². The quantitative estimate of drug-likeness (QED) is 0.761. The summed E-state index contributed by atoms with van der Waals surface area (Å²) in [5.74, 6) is 0.622. The van der Waals surface area contributed by atoms with Gasteiger partial charge in [0.15, 0.2) is 0 Å². The zero-order chi connectivity index (χ0) is 10.2. The van der Waals surface area contributed by atoms with E-state index in [9.17, 15) is 4.79 Å². The van der Waals surface area contributed by atoms with Gasteiger partial charge in [0.05, 0.1) is 5.92 Å². The topological polar surface area (TPSA) is 37.3 Å². The molecule has 0 heterocycles. The Morgan fingerprint density at radius 1 is 1.54 bits per heavy atom. The zero-order valence-electron chi connectivity index (χ0n) is 8.70. The highest BCUT2D eigenvalue weighted by atomic mass is 32.2. The maximum Gasteiger partial charge on any atom is 0.307 e. The molecule has 13 heavy (non-hydrogen) atoms. The first-order valence-corrected chi connectivity index (χ1v) is 5.76. The summed E-state index contributed by atoms with van der Waals surface area (Å²) < 4.78 is 0. The minimum Gasteiger partial charge on any atom is -0.481 e. The van der Waals surface area contributed by atoms with Gasteiger partial charge < -0.3 is 5.11 Å². The predicted octanol–water partition coefficient (Wildman–Crippen LogP) is 2.48. The number of aliphatic carboxylic acids is 1. The first kappa shape index (κ1) is 10.9. The minimum absolute atomic E-state index is 0.0216. The van der Waals surface area contributed by atoms with Crippen LogP contribution in [-0.4, -0.2) is 22.1 Å². The minimum atomic E-state index is -0.626. The molecule has 0 aromatic rings. The average molecular weight is 202 g/mol. The van der Waals surface area contributed by atoms with Crippen LogP contribution in [0.5, 0.6) is 0 Å². The van der Waals surface area contributed by atoms with E-state index in [4.69, 9.17) is 5.11 Å². The van der Waals surface area contributed by atoms with Crippen LogP contribution < -0.4 is 0 Å². The lowest BCUT2D eigenvalue weighted by Gasteiger charge is -2.04. The average Bonchev–Trinajstić information content (AvgIpc) is 2.48. The monoisotopic (exact) mass is 202 g/mol. The van der Waals surface area contributed by atoms with Gasteiger partial charge in [-0.2, -0.15) is 11.8 Å². The normalized spacial score (nSPS) is 30.5. The molecule has 1 N–H and O–H groups in total. The number of hydrogen-bond donors (Lipinski definition) is 1. The Morgan fingerprint density at radius 3 is 2.38 bits per heavy atom. The Bertz CT molecular complexity index is 211. The lowest BCUT2D eigenvalue weighted by atomic mass is 10.1. The molecule has 0 amide bonds. The number of carbonyl (C=O) groups is 1. The van der Waals surface area contributed by atoms with Crippen molar-refractivity contribution >= 4 is 17.7 Å². The molecule has 0 bridgehead atoms. The fourth-order valence-electron chi connectivity index (χ4n) is 1.84. The van der Waals surface area contributed by atoms with Gasteiger partial charge in [0, 0.05) is 0 Å². The molecule has 0 unspecified atom stereocenters. The van der Waals surface area contributed by atoms with Crippen LogP contribution >= 0.6 is 11.8 Å². The van der Waals surface area contributed by atoms with Crippen molar-refractivity contribution in [3.8, 4) is 0 Å². The summed E-state index contributed by atoms with van der Waals surface area (Å²) in [5.41, 5.74) is 0.0216. The standard InChI is InChI=1S/C10H18O2S/c1-6(2)13-5-7-8(9(11)12)10(7,3)4/h6-8H,5H2,1-4H3,(H,11,12)/t7-,8-/m1/s1. The molecule has 1 fully saturated rings. The third-order valence-corrected chi connectivity index (χ3v) is 4.14. The Kier molecular flexibility index (Phi) is 2.95. The molecule has 76 valence electrons. The SMILES string of the molecule is CC(C)SC[C@@H]1[C@H](C(=O)O)C1(C)C. The van der Waals surface area contributed by atoms with Gasteiger partial charge in [0.2, 0.25) is 0 Å². The third kappa shape index (κ3) is 2.19. The van der Waals surface area contributed by atoms with Gasteiger partial charge in [-0.15, -0.1) is 0 Å². The van der Waals surface area contributed by atoms with Crippen LogP contribution in [0.1, 0.15) is 27.7 Å². The van der Waals surface area contributed by atoms with Crippen molar-refractivity contribution in [1.29, 1.82) is 0 Å². The van der Waals surface area contributed by atoms with Crippen LogP contribution in [-0.2, 0) is 4.79 Å². The summed E-state index contributed by atoms with van der Waals surface area (Å²) in [6.45, 7) is 8.40. The lowest BCUT2D eigenvalue weighted by Crippen LogP contribution is -2.03. The van der Waals surface area contributed by atoms with E-state index in [0.29, 0.717) is 11.2 Å². The van der Waals surface area contributed by atoms with Crippen molar-refractivity contribution in [2.45, 2.75) is 32.9 Å². The van der Waals surface area contributed by atoms with E-state index < -0.39 is 5.97 Å². The van der Waals surface area contributed by atoms with E-state index in [1.165, 1.54) is 0 Å². The molecular formula is C10H18O2S. The van der Waals surface area contributed by atoms with E-state index in [1.54, 1.807) is 0 Å². The number of thioether (sulfide) groups is 1. The lowest BCUT2D eigenvalue weighted by molar-refractivity contribution is -0.139. The van der Waals surface area contributed by atoms with Crippen molar-refractivity contribution in [1.82, 2.24) is 0 Å². The molecule has 1 saturated carbocycles. The van der Waals surface area contributed by atoms with Gasteiger partial charge in [0.1, 0.15) is 0 Å². The summed E-state index contributed by atoms with van der Waals surface area (Å²) >= 11 is 1.86. The Balaban J connectivity index is 2.42. The van der Waals surface area contributed by atoms with Gasteiger partial charge in [-0.25, -0.2) is 0 Å². The van der Waals surface area contributed by atoms with Gasteiger partial charge in [0.25, 0.3) is 0 Å². The Morgan fingerprint density at radius 2 is 2.08 bits per heavy atom. The molecular weight excluding hydrogens is 184 g/mol. The molecule has 0 radical (unpaired) electrons. The number of carboxylic acids is 1.